The molecule has 1 N–H and O–H groups in total. The standard InChI is InChI=1S/C20H24F3NO3/c1-12-9-14(27-11-20(21,22)23)10-13(2)15(12)16-17(26-3)19(24-18(16)25)7-5-4-6-8-19/h9-10H,4-8,11H2,1-3H3,(H,24,25). The highest BCUT2D eigenvalue weighted by atomic mass is 19.4. The lowest BCUT2D eigenvalue weighted by molar-refractivity contribution is -0.153. The lowest BCUT2D eigenvalue weighted by Crippen LogP contribution is -2.46. The van der Waals surface area contributed by atoms with E-state index in [9.17, 15) is 18.0 Å². The van der Waals surface area contributed by atoms with Gasteiger partial charge in [0.15, 0.2) is 6.61 Å². The van der Waals surface area contributed by atoms with Crippen LogP contribution in [0.4, 0.5) is 13.2 Å². The summed E-state index contributed by atoms with van der Waals surface area (Å²) in [5, 5.41) is 3.11. The van der Waals surface area contributed by atoms with Crippen LogP contribution in [0.25, 0.3) is 5.57 Å². The van der Waals surface area contributed by atoms with Crippen LogP contribution >= 0.6 is 0 Å². The Balaban J connectivity index is 2.01. The zero-order valence-electron chi connectivity index (χ0n) is 15.8. The molecule has 7 heteroatoms. The molecule has 3 rings (SSSR count). The first kappa shape index (κ1) is 19.6. The number of aryl methyl sites for hydroxylation is 2. The van der Waals surface area contributed by atoms with E-state index in [1.807, 2.05) is 0 Å². The van der Waals surface area contributed by atoms with Gasteiger partial charge in [0.2, 0.25) is 0 Å². The lowest BCUT2D eigenvalue weighted by atomic mass is 9.80. The second-order valence-electron chi connectivity index (χ2n) is 7.34. The van der Waals surface area contributed by atoms with Gasteiger partial charge < -0.3 is 14.8 Å². The zero-order chi connectivity index (χ0) is 19.8. The molecule has 0 aromatic heterocycles. The number of hydrogen-bond donors (Lipinski definition) is 1. The second-order valence-corrected chi connectivity index (χ2v) is 7.34. The molecule has 0 unspecified atom stereocenters. The van der Waals surface area contributed by atoms with Crippen molar-refractivity contribution in [2.45, 2.75) is 57.7 Å². The van der Waals surface area contributed by atoms with Gasteiger partial charge in [-0.05, 0) is 55.5 Å². The highest BCUT2D eigenvalue weighted by Crippen LogP contribution is 2.44. The van der Waals surface area contributed by atoms with E-state index in [4.69, 9.17) is 9.47 Å². The van der Waals surface area contributed by atoms with Crippen molar-refractivity contribution < 1.29 is 27.4 Å². The minimum atomic E-state index is -4.40. The summed E-state index contributed by atoms with van der Waals surface area (Å²) in [5.74, 6) is 0.586. The third-order valence-electron chi connectivity index (χ3n) is 5.31. The quantitative estimate of drug-likeness (QED) is 0.837. The number of ether oxygens (including phenoxy) is 2. The Bertz CT molecular complexity index is 754. The molecule has 148 valence electrons. The number of carbonyl (C=O) groups excluding carboxylic acids is 1. The second kappa shape index (κ2) is 7.09. The number of alkyl halides is 3. The van der Waals surface area contributed by atoms with Crippen LogP contribution in [0, 0.1) is 13.8 Å². The first-order chi connectivity index (χ1) is 12.7. The van der Waals surface area contributed by atoms with E-state index in [1.165, 1.54) is 12.1 Å². The van der Waals surface area contributed by atoms with Gasteiger partial charge in [-0.25, -0.2) is 0 Å². The Morgan fingerprint density at radius 3 is 2.22 bits per heavy atom. The first-order valence-electron chi connectivity index (χ1n) is 9.09. The molecule has 27 heavy (non-hydrogen) atoms. The van der Waals surface area contributed by atoms with Crippen molar-refractivity contribution in [2.75, 3.05) is 13.7 Å². The topological polar surface area (TPSA) is 47.6 Å². The number of amides is 1. The molecule has 0 bridgehead atoms. The summed E-state index contributed by atoms with van der Waals surface area (Å²) < 4.78 is 47.8. The van der Waals surface area contributed by atoms with Crippen LogP contribution in [0.1, 0.15) is 48.8 Å². The van der Waals surface area contributed by atoms with Crippen molar-refractivity contribution in [3.05, 3.63) is 34.6 Å². The third-order valence-corrected chi connectivity index (χ3v) is 5.31. The number of hydrogen-bond acceptors (Lipinski definition) is 3. The summed E-state index contributed by atoms with van der Waals surface area (Å²) in [5.41, 5.74) is 2.08. The maximum atomic E-state index is 12.8. The molecule has 1 aromatic rings. The fourth-order valence-electron chi connectivity index (χ4n) is 4.28. The normalized spacial score (nSPS) is 19.4. The van der Waals surface area contributed by atoms with E-state index in [-0.39, 0.29) is 11.7 Å². The lowest BCUT2D eigenvalue weighted by Gasteiger charge is -2.34. The van der Waals surface area contributed by atoms with Crippen LogP contribution in [0.15, 0.2) is 17.9 Å². The summed E-state index contributed by atoms with van der Waals surface area (Å²) in [6.07, 6.45) is 0.427. The predicted molar refractivity (Wildman–Crippen MR) is 95.4 cm³/mol. The summed E-state index contributed by atoms with van der Waals surface area (Å²) in [7, 11) is 1.57. The molecule has 2 aliphatic rings. The van der Waals surface area contributed by atoms with Crippen molar-refractivity contribution in [1.82, 2.24) is 5.32 Å². The van der Waals surface area contributed by atoms with E-state index in [0.717, 1.165) is 32.1 Å². The molecule has 1 amide bonds. The molecule has 1 aliphatic carbocycles. The number of carbonyl (C=O) groups is 1. The summed E-state index contributed by atoms with van der Waals surface area (Å²) in [6.45, 7) is 2.19. The number of methoxy groups -OCH3 is 1. The number of halogens is 3. The maximum Gasteiger partial charge on any atom is 0.422 e. The molecule has 1 heterocycles. The minimum absolute atomic E-state index is 0.136. The molecule has 0 saturated heterocycles. The Hall–Kier alpha value is -2.18. The van der Waals surface area contributed by atoms with E-state index in [1.54, 1.807) is 21.0 Å². The van der Waals surface area contributed by atoms with Gasteiger partial charge >= 0.3 is 6.18 Å². The smallest absolute Gasteiger partial charge is 0.422 e. The van der Waals surface area contributed by atoms with Crippen molar-refractivity contribution in [1.29, 1.82) is 0 Å². The minimum Gasteiger partial charge on any atom is -0.498 e. The first-order valence-corrected chi connectivity index (χ1v) is 9.09. The molecule has 0 atom stereocenters. The molecular formula is C20H24F3NO3. The molecular weight excluding hydrogens is 359 g/mol. The van der Waals surface area contributed by atoms with Crippen LogP contribution in [0.5, 0.6) is 5.75 Å². The van der Waals surface area contributed by atoms with Gasteiger partial charge in [0.25, 0.3) is 5.91 Å². The van der Waals surface area contributed by atoms with Gasteiger partial charge in [-0.3, -0.25) is 4.79 Å². The van der Waals surface area contributed by atoms with Crippen LogP contribution < -0.4 is 10.1 Å². The van der Waals surface area contributed by atoms with E-state index >= 15 is 0 Å². The average Bonchev–Trinajstić information content (AvgIpc) is 2.83. The van der Waals surface area contributed by atoms with Gasteiger partial charge in [0.1, 0.15) is 11.5 Å². The number of rotatable bonds is 4. The van der Waals surface area contributed by atoms with E-state index in [0.29, 0.717) is 28.0 Å². The third kappa shape index (κ3) is 3.77. The van der Waals surface area contributed by atoms with Crippen molar-refractivity contribution in [3.8, 4) is 5.75 Å². The summed E-state index contributed by atoms with van der Waals surface area (Å²) in [6, 6.07) is 3.07. The van der Waals surface area contributed by atoms with Crippen LogP contribution in [0.2, 0.25) is 0 Å². The SMILES string of the molecule is COC1=C(c2c(C)cc(OCC(F)(F)F)cc2C)C(=O)NC12CCCCC2. The van der Waals surface area contributed by atoms with Crippen LogP contribution in [0.3, 0.4) is 0 Å². The van der Waals surface area contributed by atoms with Crippen LogP contribution in [-0.4, -0.2) is 31.3 Å². The van der Waals surface area contributed by atoms with Gasteiger partial charge in [-0.15, -0.1) is 0 Å². The van der Waals surface area contributed by atoms with Crippen LogP contribution in [-0.2, 0) is 9.53 Å². The van der Waals surface area contributed by atoms with Gasteiger partial charge in [0, 0.05) is 0 Å². The van der Waals surface area contributed by atoms with Gasteiger partial charge in [-0.1, -0.05) is 19.3 Å². The maximum absolute atomic E-state index is 12.8. The molecule has 1 saturated carbocycles. The summed E-state index contributed by atoms with van der Waals surface area (Å²) >= 11 is 0. The molecule has 0 radical (unpaired) electrons. The average molecular weight is 383 g/mol. The largest absolute Gasteiger partial charge is 0.498 e. The fraction of sp³-hybridized carbons (Fsp3) is 0.550. The van der Waals surface area contributed by atoms with E-state index in [2.05, 4.69) is 5.32 Å². The zero-order valence-corrected chi connectivity index (χ0v) is 15.8. The van der Waals surface area contributed by atoms with E-state index < -0.39 is 18.3 Å². The molecule has 4 nitrogen and oxygen atoms in total. The fourth-order valence-corrected chi connectivity index (χ4v) is 4.28. The Morgan fingerprint density at radius 1 is 1.11 bits per heavy atom. The summed E-state index contributed by atoms with van der Waals surface area (Å²) in [4.78, 5) is 12.8. The molecule has 1 aliphatic heterocycles. The number of benzene rings is 1. The molecule has 1 fully saturated rings. The Kier molecular flexibility index (Phi) is 5.14. The van der Waals surface area contributed by atoms with Crippen molar-refractivity contribution in [3.63, 3.8) is 0 Å². The van der Waals surface area contributed by atoms with Crippen molar-refractivity contribution in [2.24, 2.45) is 0 Å². The monoisotopic (exact) mass is 383 g/mol. The van der Waals surface area contributed by atoms with Gasteiger partial charge in [-0.2, -0.15) is 13.2 Å². The Morgan fingerprint density at radius 2 is 1.70 bits per heavy atom. The molecule has 1 aromatic carbocycles. The predicted octanol–water partition coefficient (Wildman–Crippen LogP) is 4.43. The van der Waals surface area contributed by atoms with Crippen molar-refractivity contribution >= 4 is 11.5 Å². The highest BCUT2D eigenvalue weighted by Gasteiger charge is 2.47. The Labute approximate surface area is 156 Å². The molecule has 1 spiro atoms. The highest BCUT2D eigenvalue weighted by molar-refractivity contribution is 6.24. The number of nitrogens with one attached hydrogen (secondary N) is 1. The van der Waals surface area contributed by atoms with Gasteiger partial charge in [0.05, 0.1) is 18.2 Å².